The third-order valence-corrected chi connectivity index (χ3v) is 4.33. The van der Waals surface area contributed by atoms with E-state index in [1.54, 1.807) is 0 Å². The molecule has 2 heteroatoms. The van der Waals surface area contributed by atoms with Gasteiger partial charge in [-0.1, -0.05) is 45.9 Å². The van der Waals surface area contributed by atoms with E-state index in [1.807, 2.05) is 0 Å². The van der Waals surface area contributed by atoms with Gasteiger partial charge in [0.1, 0.15) is 5.75 Å². The van der Waals surface area contributed by atoms with E-state index in [9.17, 15) is 0 Å². The van der Waals surface area contributed by atoms with Gasteiger partial charge in [-0.2, -0.15) is 0 Å². The van der Waals surface area contributed by atoms with Gasteiger partial charge in [0.05, 0.1) is 6.61 Å². The molecule has 1 aromatic carbocycles. The van der Waals surface area contributed by atoms with Crippen LogP contribution in [0.4, 0.5) is 0 Å². The molecule has 0 spiro atoms. The second kappa shape index (κ2) is 5.96. The van der Waals surface area contributed by atoms with Gasteiger partial charge in [0.2, 0.25) is 0 Å². The van der Waals surface area contributed by atoms with Crippen LogP contribution in [-0.4, -0.2) is 19.2 Å². The maximum Gasteiger partial charge on any atom is 0.122 e. The van der Waals surface area contributed by atoms with E-state index < -0.39 is 0 Å². The van der Waals surface area contributed by atoms with E-state index in [-0.39, 0.29) is 0 Å². The van der Waals surface area contributed by atoms with Crippen molar-refractivity contribution in [2.45, 2.75) is 52.5 Å². The highest BCUT2D eigenvalue weighted by Crippen LogP contribution is 2.41. The summed E-state index contributed by atoms with van der Waals surface area (Å²) in [5.41, 5.74) is 1.74. The maximum absolute atomic E-state index is 5.81. The fraction of sp³-hybridized carbons (Fsp3) is 0.647. The number of ether oxygens (including phenoxy) is 1. The van der Waals surface area contributed by atoms with Crippen molar-refractivity contribution in [1.29, 1.82) is 0 Å². The lowest BCUT2D eigenvalue weighted by atomic mass is 9.77. The average Bonchev–Trinajstić information content (AvgIpc) is 2.80. The van der Waals surface area contributed by atoms with Crippen LogP contribution < -0.4 is 10.1 Å². The van der Waals surface area contributed by atoms with E-state index in [0.717, 1.165) is 18.9 Å². The van der Waals surface area contributed by atoms with Gasteiger partial charge in [-0.25, -0.2) is 0 Å². The van der Waals surface area contributed by atoms with Gasteiger partial charge in [-0.05, 0) is 24.3 Å². The summed E-state index contributed by atoms with van der Waals surface area (Å²) in [4.78, 5) is 0. The van der Waals surface area contributed by atoms with Gasteiger partial charge in [0.25, 0.3) is 0 Å². The zero-order valence-corrected chi connectivity index (χ0v) is 12.7. The Bertz CT molecular complexity index is 415. The maximum atomic E-state index is 5.81. The summed E-state index contributed by atoms with van der Waals surface area (Å²) < 4.78 is 5.81. The molecule has 2 atom stereocenters. The van der Waals surface area contributed by atoms with Crippen LogP contribution in [0.25, 0.3) is 0 Å². The van der Waals surface area contributed by atoms with Gasteiger partial charge < -0.3 is 10.1 Å². The van der Waals surface area contributed by atoms with Crippen LogP contribution in [0, 0.1) is 5.41 Å². The van der Waals surface area contributed by atoms with Crippen molar-refractivity contribution in [2.24, 2.45) is 5.41 Å². The lowest BCUT2D eigenvalue weighted by molar-refractivity contribution is 0.220. The van der Waals surface area contributed by atoms with Crippen LogP contribution in [0.2, 0.25) is 0 Å². The molecule has 1 heterocycles. The number of rotatable bonds is 6. The van der Waals surface area contributed by atoms with Crippen molar-refractivity contribution in [3.8, 4) is 5.75 Å². The van der Waals surface area contributed by atoms with Gasteiger partial charge in [-0.15, -0.1) is 0 Å². The van der Waals surface area contributed by atoms with Crippen molar-refractivity contribution in [3.05, 3.63) is 29.8 Å². The van der Waals surface area contributed by atoms with Crippen molar-refractivity contribution >= 4 is 0 Å². The van der Waals surface area contributed by atoms with Crippen LogP contribution in [-0.2, 0) is 0 Å². The molecule has 0 amide bonds. The number of hydrogen-bond acceptors (Lipinski definition) is 2. The molecule has 2 rings (SSSR count). The Kier molecular flexibility index (Phi) is 4.51. The molecule has 0 aromatic heterocycles. The molecule has 0 fully saturated rings. The summed E-state index contributed by atoms with van der Waals surface area (Å²) in [6, 6.07) is 9.04. The molecule has 0 bridgehead atoms. The van der Waals surface area contributed by atoms with Gasteiger partial charge in [-0.3, -0.25) is 0 Å². The van der Waals surface area contributed by atoms with Crippen LogP contribution in [0.5, 0.6) is 5.75 Å². The Hall–Kier alpha value is -1.02. The molecule has 0 saturated heterocycles. The Morgan fingerprint density at radius 2 is 2.11 bits per heavy atom. The predicted octanol–water partition coefficient (Wildman–Crippen LogP) is 3.97. The molecule has 0 radical (unpaired) electrons. The van der Waals surface area contributed by atoms with Crippen molar-refractivity contribution < 1.29 is 4.74 Å². The van der Waals surface area contributed by atoms with Crippen molar-refractivity contribution in [1.82, 2.24) is 5.32 Å². The quantitative estimate of drug-likeness (QED) is 0.836. The summed E-state index contributed by atoms with van der Waals surface area (Å²) >= 11 is 0. The van der Waals surface area contributed by atoms with E-state index in [2.05, 4.69) is 57.3 Å². The fourth-order valence-corrected chi connectivity index (χ4v) is 2.79. The Morgan fingerprint density at radius 1 is 1.37 bits per heavy atom. The lowest BCUT2D eigenvalue weighted by Crippen LogP contribution is -2.36. The van der Waals surface area contributed by atoms with Crippen LogP contribution >= 0.6 is 0 Å². The first-order chi connectivity index (χ1) is 9.04. The van der Waals surface area contributed by atoms with E-state index >= 15 is 0 Å². The highest BCUT2D eigenvalue weighted by Gasteiger charge is 2.32. The number of para-hydroxylation sites is 1. The summed E-state index contributed by atoms with van der Waals surface area (Å²) in [5, 5.41) is 3.59. The molecular weight excluding hydrogens is 234 g/mol. The standard InChI is InChI=1S/C17H27NO/c1-5-17(4,12-18-13(2)3)10-14-11-19-16-9-7-6-8-15(14)16/h6-9,13-14,18H,5,10-12H2,1-4H3. The minimum atomic E-state index is 0.343. The first-order valence-electron chi connectivity index (χ1n) is 7.49. The van der Waals surface area contributed by atoms with Gasteiger partial charge in [0, 0.05) is 24.1 Å². The molecule has 106 valence electrons. The van der Waals surface area contributed by atoms with Crippen LogP contribution in [0.1, 0.15) is 52.0 Å². The van der Waals surface area contributed by atoms with Crippen molar-refractivity contribution in [3.63, 3.8) is 0 Å². The number of fused-ring (bicyclic) bond motifs is 1. The van der Waals surface area contributed by atoms with Gasteiger partial charge in [0.15, 0.2) is 0 Å². The molecule has 0 aliphatic carbocycles. The topological polar surface area (TPSA) is 21.3 Å². The van der Waals surface area contributed by atoms with Gasteiger partial charge >= 0.3 is 0 Å². The third kappa shape index (κ3) is 3.50. The highest BCUT2D eigenvalue weighted by molar-refractivity contribution is 5.39. The summed E-state index contributed by atoms with van der Waals surface area (Å²) in [6.45, 7) is 11.0. The smallest absolute Gasteiger partial charge is 0.122 e. The van der Waals surface area contributed by atoms with E-state index in [4.69, 9.17) is 4.74 Å². The number of hydrogen-bond donors (Lipinski definition) is 1. The molecule has 1 aliphatic rings. The summed E-state index contributed by atoms with van der Waals surface area (Å²) in [7, 11) is 0. The first-order valence-corrected chi connectivity index (χ1v) is 7.49. The molecule has 1 aliphatic heterocycles. The molecular formula is C17H27NO. The Balaban J connectivity index is 2.03. The minimum absolute atomic E-state index is 0.343. The number of nitrogens with one attached hydrogen (secondary N) is 1. The Labute approximate surface area is 117 Å². The molecule has 2 unspecified atom stereocenters. The zero-order chi connectivity index (χ0) is 13.9. The van der Waals surface area contributed by atoms with Crippen molar-refractivity contribution in [2.75, 3.05) is 13.2 Å². The van der Waals surface area contributed by atoms with Crippen LogP contribution in [0.3, 0.4) is 0 Å². The average molecular weight is 261 g/mol. The molecule has 1 aromatic rings. The second-order valence-corrected chi connectivity index (χ2v) is 6.45. The van der Waals surface area contributed by atoms with E-state index in [0.29, 0.717) is 17.4 Å². The second-order valence-electron chi connectivity index (χ2n) is 6.45. The number of benzene rings is 1. The molecule has 0 saturated carbocycles. The zero-order valence-electron chi connectivity index (χ0n) is 12.7. The normalized spacial score (nSPS) is 21.0. The monoisotopic (exact) mass is 261 g/mol. The largest absolute Gasteiger partial charge is 0.493 e. The molecule has 2 nitrogen and oxygen atoms in total. The highest BCUT2D eigenvalue weighted by atomic mass is 16.5. The first kappa shape index (κ1) is 14.4. The molecule has 1 N–H and O–H groups in total. The third-order valence-electron chi connectivity index (χ3n) is 4.33. The fourth-order valence-electron chi connectivity index (χ4n) is 2.79. The summed E-state index contributed by atoms with van der Waals surface area (Å²) in [5.74, 6) is 1.64. The van der Waals surface area contributed by atoms with E-state index in [1.165, 1.54) is 18.4 Å². The predicted molar refractivity (Wildman–Crippen MR) is 80.8 cm³/mol. The lowest BCUT2D eigenvalue weighted by Gasteiger charge is -2.32. The Morgan fingerprint density at radius 3 is 2.79 bits per heavy atom. The summed E-state index contributed by atoms with van der Waals surface area (Å²) in [6.07, 6.45) is 2.39. The van der Waals surface area contributed by atoms with Crippen LogP contribution in [0.15, 0.2) is 24.3 Å². The SMILES string of the molecule is CCC(C)(CNC(C)C)CC1COc2ccccc21. The molecule has 19 heavy (non-hydrogen) atoms. The minimum Gasteiger partial charge on any atom is -0.493 e.